The molecule has 1 heterocycles. The lowest BCUT2D eigenvalue weighted by molar-refractivity contribution is 0.0757. The van der Waals surface area contributed by atoms with E-state index in [4.69, 9.17) is 4.74 Å². The fraction of sp³-hybridized carbons (Fsp3) is 0.438. The minimum absolute atomic E-state index is 0.0296. The van der Waals surface area contributed by atoms with Gasteiger partial charge < -0.3 is 9.64 Å². The number of ether oxygens (including phenoxy) is 1. The van der Waals surface area contributed by atoms with E-state index in [0.29, 0.717) is 6.61 Å². The lowest BCUT2D eigenvalue weighted by Crippen LogP contribution is -2.59. The zero-order valence-electron chi connectivity index (χ0n) is 12.2. The number of carbonyl (C=O) groups is 1. The van der Waals surface area contributed by atoms with Gasteiger partial charge in [0.1, 0.15) is 0 Å². The van der Waals surface area contributed by atoms with Crippen LogP contribution in [0.25, 0.3) is 0 Å². The Balaban J connectivity index is 2.15. The topological polar surface area (TPSA) is 32.8 Å². The van der Waals surface area contributed by atoms with Crippen molar-refractivity contribution in [2.45, 2.75) is 25.9 Å². The highest BCUT2D eigenvalue weighted by Crippen LogP contribution is 2.23. The first-order valence-corrected chi connectivity index (χ1v) is 7.05. The average molecular weight is 274 g/mol. The van der Waals surface area contributed by atoms with Crippen LogP contribution >= 0.6 is 0 Å². The molecule has 2 atom stereocenters. The number of para-hydroxylation sites is 1. The molecule has 108 valence electrons. The molecular weight excluding hydrogens is 252 g/mol. The Labute approximate surface area is 120 Å². The molecule has 1 aliphatic rings. The smallest absolute Gasteiger partial charge is 0.410 e. The number of rotatable bonds is 3. The van der Waals surface area contributed by atoms with Crippen LogP contribution in [0.4, 0.5) is 10.5 Å². The van der Waals surface area contributed by atoms with E-state index in [1.54, 1.807) is 4.90 Å². The molecule has 20 heavy (non-hydrogen) atoms. The van der Waals surface area contributed by atoms with Crippen molar-refractivity contribution in [2.24, 2.45) is 0 Å². The summed E-state index contributed by atoms with van der Waals surface area (Å²) in [5.74, 6) is 0. The molecule has 1 aromatic rings. The number of amides is 1. The van der Waals surface area contributed by atoms with Crippen LogP contribution in [0.15, 0.2) is 43.0 Å². The van der Waals surface area contributed by atoms with Crippen molar-refractivity contribution < 1.29 is 9.53 Å². The van der Waals surface area contributed by atoms with Gasteiger partial charge in [0.05, 0.1) is 18.7 Å². The van der Waals surface area contributed by atoms with Crippen molar-refractivity contribution in [3.8, 4) is 0 Å². The summed E-state index contributed by atoms with van der Waals surface area (Å²) in [4.78, 5) is 16.1. The van der Waals surface area contributed by atoms with Crippen molar-refractivity contribution in [2.75, 3.05) is 24.6 Å². The van der Waals surface area contributed by atoms with Gasteiger partial charge in [-0.05, 0) is 26.0 Å². The van der Waals surface area contributed by atoms with Crippen LogP contribution in [0.5, 0.6) is 0 Å². The summed E-state index contributed by atoms with van der Waals surface area (Å²) < 4.78 is 5.15. The number of anilines is 1. The molecule has 1 aliphatic heterocycles. The van der Waals surface area contributed by atoms with E-state index in [1.807, 2.05) is 38.1 Å². The number of piperazine rings is 1. The molecule has 0 aromatic heterocycles. The average Bonchev–Trinajstić information content (AvgIpc) is 2.47. The second-order valence-corrected chi connectivity index (χ2v) is 5.00. The number of nitrogens with zero attached hydrogens (tertiary/aromatic N) is 2. The molecule has 1 fully saturated rings. The Bertz CT molecular complexity index is 461. The zero-order chi connectivity index (χ0) is 14.5. The number of carbonyl (C=O) groups excluding carboxylic acids is 1. The van der Waals surface area contributed by atoms with Gasteiger partial charge in [-0.15, -0.1) is 6.58 Å². The fourth-order valence-corrected chi connectivity index (χ4v) is 2.67. The molecule has 0 spiro atoms. The molecule has 4 heteroatoms. The first-order valence-electron chi connectivity index (χ1n) is 7.05. The van der Waals surface area contributed by atoms with Gasteiger partial charge in [-0.1, -0.05) is 24.3 Å². The minimum atomic E-state index is -0.252. The van der Waals surface area contributed by atoms with Gasteiger partial charge in [-0.3, -0.25) is 4.90 Å². The zero-order valence-corrected chi connectivity index (χ0v) is 12.2. The summed E-state index contributed by atoms with van der Waals surface area (Å²) in [7, 11) is 0. The lowest BCUT2D eigenvalue weighted by Gasteiger charge is -2.44. The lowest BCUT2D eigenvalue weighted by atomic mass is 10.1. The summed E-state index contributed by atoms with van der Waals surface area (Å²) in [6, 6.07) is 10.3. The van der Waals surface area contributed by atoms with E-state index >= 15 is 0 Å². The van der Waals surface area contributed by atoms with E-state index in [1.165, 1.54) is 5.69 Å². The van der Waals surface area contributed by atoms with Crippen LogP contribution in [0, 0.1) is 0 Å². The second-order valence-electron chi connectivity index (χ2n) is 5.00. The molecule has 0 aliphatic carbocycles. The van der Waals surface area contributed by atoms with Crippen molar-refractivity contribution in [1.82, 2.24) is 4.90 Å². The van der Waals surface area contributed by atoms with E-state index in [-0.39, 0.29) is 18.2 Å². The maximum absolute atomic E-state index is 12.1. The van der Waals surface area contributed by atoms with Gasteiger partial charge in [0, 0.05) is 18.8 Å². The monoisotopic (exact) mass is 274 g/mol. The predicted octanol–water partition coefficient (Wildman–Crippen LogP) is 2.91. The van der Waals surface area contributed by atoms with E-state index in [0.717, 1.165) is 13.1 Å². The third kappa shape index (κ3) is 2.95. The summed E-state index contributed by atoms with van der Waals surface area (Å²) in [6.07, 6.45) is 1.57. The minimum Gasteiger partial charge on any atom is -0.450 e. The van der Waals surface area contributed by atoms with Crippen LogP contribution in [0.1, 0.15) is 13.8 Å². The van der Waals surface area contributed by atoms with Crippen LogP contribution in [0.2, 0.25) is 0 Å². The number of hydrogen-bond acceptors (Lipinski definition) is 3. The maximum atomic E-state index is 12.1. The van der Waals surface area contributed by atoms with Crippen LogP contribution in [-0.4, -0.2) is 42.8 Å². The molecule has 1 aromatic carbocycles. The SMILES string of the molecule is C=C[C@@H]1CN(c2ccccc2)C[C@@H](C)N1C(=O)OCC. The molecule has 0 saturated carbocycles. The summed E-state index contributed by atoms with van der Waals surface area (Å²) in [5.41, 5.74) is 1.18. The Morgan fingerprint density at radius 2 is 2.10 bits per heavy atom. The highest BCUT2D eigenvalue weighted by Gasteiger charge is 2.34. The van der Waals surface area contributed by atoms with Crippen molar-refractivity contribution in [3.63, 3.8) is 0 Å². The first-order chi connectivity index (χ1) is 9.67. The first kappa shape index (κ1) is 14.4. The third-order valence-electron chi connectivity index (χ3n) is 3.60. The number of benzene rings is 1. The van der Waals surface area contributed by atoms with Gasteiger partial charge in [-0.2, -0.15) is 0 Å². The van der Waals surface area contributed by atoms with Crippen LogP contribution < -0.4 is 4.90 Å². The molecule has 4 nitrogen and oxygen atoms in total. The van der Waals surface area contributed by atoms with Crippen LogP contribution in [-0.2, 0) is 4.74 Å². The highest BCUT2D eigenvalue weighted by atomic mass is 16.6. The second kappa shape index (κ2) is 6.46. The largest absolute Gasteiger partial charge is 0.450 e. The molecule has 1 amide bonds. The summed E-state index contributed by atoms with van der Waals surface area (Å²) in [5, 5.41) is 0. The molecule has 0 radical (unpaired) electrons. The van der Waals surface area contributed by atoms with Gasteiger partial charge in [-0.25, -0.2) is 4.79 Å². The Kier molecular flexibility index (Phi) is 4.66. The molecule has 2 rings (SSSR count). The molecule has 0 unspecified atom stereocenters. The summed E-state index contributed by atoms with van der Waals surface area (Å²) in [6.45, 7) is 9.68. The van der Waals surface area contributed by atoms with Crippen LogP contribution in [0.3, 0.4) is 0 Å². The van der Waals surface area contributed by atoms with E-state index in [2.05, 4.69) is 23.6 Å². The van der Waals surface area contributed by atoms with E-state index < -0.39 is 0 Å². The van der Waals surface area contributed by atoms with Gasteiger partial charge >= 0.3 is 6.09 Å². The third-order valence-corrected chi connectivity index (χ3v) is 3.60. The Morgan fingerprint density at radius 1 is 1.40 bits per heavy atom. The molecule has 0 N–H and O–H groups in total. The Morgan fingerprint density at radius 3 is 2.70 bits per heavy atom. The molecule has 0 bridgehead atoms. The van der Waals surface area contributed by atoms with Crippen molar-refractivity contribution >= 4 is 11.8 Å². The van der Waals surface area contributed by atoms with Gasteiger partial charge in [0.25, 0.3) is 0 Å². The fourth-order valence-electron chi connectivity index (χ4n) is 2.67. The highest BCUT2D eigenvalue weighted by molar-refractivity contribution is 5.69. The maximum Gasteiger partial charge on any atom is 0.410 e. The summed E-state index contributed by atoms with van der Waals surface area (Å²) >= 11 is 0. The van der Waals surface area contributed by atoms with Gasteiger partial charge in [0.15, 0.2) is 0 Å². The normalized spacial score (nSPS) is 22.5. The van der Waals surface area contributed by atoms with E-state index in [9.17, 15) is 4.79 Å². The molecular formula is C16H22N2O2. The quantitative estimate of drug-likeness (QED) is 0.795. The Hall–Kier alpha value is -1.97. The van der Waals surface area contributed by atoms with Crippen molar-refractivity contribution in [1.29, 1.82) is 0 Å². The number of hydrogen-bond donors (Lipinski definition) is 0. The molecule has 1 saturated heterocycles. The predicted molar refractivity (Wildman–Crippen MR) is 81.0 cm³/mol. The standard InChI is InChI=1S/C16H22N2O2/c1-4-14-12-17(15-9-7-6-8-10-15)11-13(3)18(14)16(19)20-5-2/h4,6-10,13-14H,1,5,11-12H2,2-3H3/t13-,14-/m1/s1. The van der Waals surface area contributed by atoms with Gasteiger partial charge in [0.2, 0.25) is 0 Å². The van der Waals surface area contributed by atoms with Crippen molar-refractivity contribution in [3.05, 3.63) is 43.0 Å².